The van der Waals surface area contributed by atoms with Crippen LogP contribution in [0.15, 0.2) is 24.5 Å². The Hall–Kier alpha value is -0.930. The number of rotatable bonds is 5. The third-order valence-corrected chi connectivity index (χ3v) is 3.33. The van der Waals surface area contributed by atoms with Gasteiger partial charge in [0.1, 0.15) is 0 Å². The molecule has 0 saturated carbocycles. The van der Waals surface area contributed by atoms with Crippen molar-refractivity contribution >= 4 is 0 Å². The fraction of sp³-hybridized carbons (Fsp3) is 0.615. The van der Waals surface area contributed by atoms with Gasteiger partial charge in [-0.2, -0.15) is 0 Å². The molecule has 1 aliphatic heterocycles. The van der Waals surface area contributed by atoms with E-state index in [1.165, 1.54) is 31.6 Å². The number of nitrogens with zero attached hydrogens (tertiary/aromatic N) is 2. The summed E-state index contributed by atoms with van der Waals surface area (Å²) < 4.78 is 0. The fourth-order valence-electron chi connectivity index (χ4n) is 2.29. The van der Waals surface area contributed by atoms with Gasteiger partial charge in [-0.15, -0.1) is 0 Å². The van der Waals surface area contributed by atoms with Crippen LogP contribution < -0.4 is 5.32 Å². The molecule has 1 aliphatic rings. The second kappa shape index (κ2) is 5.97. The van der Waals surface area contributed by atoms with Gasteiger partial charge in [-0.3, -0.25) is 4.98 Å². The minimum absolute atomic E-state index is 0.835. The summed E-state index contributed by atoms with van der Waals surface area (Å²) in [6, 6.07) is 4.14. The summed E-state index contributed by atoms with van der Waals surface area (Å²) in [5, 5.41) is 3.53. The number of hydrogen-bond donors (Lipinski definition) is 1. The van der Waals surface area contributed by atoms with Crippen LogP contribution in [0.4, 0.5) is 0 Å². The van der Waals surface area contributed by atoms with Gasteiger partial charge in [0.15, 0.2) is 0 Å². The molecule has 1 N–H and O–H groups in total. The van der Waals surface area contributed by atoms with Crippen molar-refractivity contribution in [3.05, 3.63) is 30.1 Å². The van der Waals surface area contributed by atoms with E-state index < -0.39 is 0 Å². The van der Waals surface area contributed by atoms with Gasteiger partial charge >= 0.3 is 0 Å². The summed E-state index contributed by atoms with van der Waals surface area (Å²) in [6.45, 7) is 8.08. The highest BCUT2D eigenvalue weighted by atomic mass is 15.1. The number of hydrogen-bond acceptors (Lipinski definition) is 3. The third kappa shape index (κ3) is 3.29. The van der Waals surface area contributed by atoms with Crippen LogP contribution in [0.3, 0.4) is 0 Å². The van der Waals surface area contributed by atoms with Gasteiger partial charge in [0.25, 0.3) is 0 Å². The standard InChI is InChI=1S/C13H21N3/c1-2-16-8-5-13(11-16)10-15-9-12-3-6-14-7-4-12/h3-4,6-7,13,15H,2,5,8-11H2,1H3. The minimum Gasteiger partial charge on any atom is -0.312 e. The molecular weight excluding hydrogens is 198 g/mol. The lowest BCUT2D eigenvalue weighted by Crippen LogP contribution is -2.26. The zero-order chi connectivity index (χ0) is 11.2. The normalized spacial score (nSPS) is 21.4. The molecule has 16 heavy (non-hydrogen) atoms. The van der Waals surface area contributed by atoms with Crippen molar-refractivity contribution in [1.29, 1.82) is 0 Å². The van der Waals surface area contributed by atoms with Crippen molar-refractivity contribution in [1.82, 2.24) is 15.2 Å². The summed E-state index contributed by atoms with van der Waals surface area (Å²) in [5.74, 6) is 0.835. The molecule has 1 unspecified atom stereocenters. The molecule has 1 aromatic heterocycles. The first-order valence-corrected chi connectivity index (χ1v) is 6.20. The van der Waals surface area contributed by atoms with Crippen molar-refractivity contribution in [3.63, 3.8) is 0 Å². The SMILES string of the molecule is CCN1CCC(CNCc2ccncc2)C1. The van der Waals surface area contributed by atoms with Crippen LogP contribution in [0.5, 0.6) is 0 Å². The smallest absolute Gasteiger partial charge is 0.0271 e. The molecule has 0 aromatic carbocycles. The molecule has 0 aliphatic carbocycles. The molecule has 0 bridgehead atoms. The zero-order valence-electron chi connectivity index (χ0n) is 10.0. The van der Waals surface area contributed by atoms with Crippen molar-refractivity contribution in [3.8, 4) is 0 Å². The van der Waals surface area contributed by atoms with Crippen LogP contribution in [0.25, 0.3) is 0 Å². The van der Waals surface area contributed by atoms with E-state index in [1.807, 2.05) is 12.4 Å². The highest BCUT2D eigenvalue weighted by Crippen LogP contribution is 2.14. The summed E-state index contributed by atoms with van der Waals surface area (Å²) in [4.78, 5) is 6.54. The fourth-order valence-corrected chi connectivity index (χ4v) is 2.29. The quantitative estimate of drug-likeness (QED) is 0.813. The second-order valence-electron chi connectivity index (χ2n) is 4.53. The average Bonchev–Trinajstić information content (AvgIpc) is 2.78. The lowest BCUT2D eigenvalue weighted by Gasteiger charge is -2.13. The van der Waals surface area contributed by atoms with Crippen LogP contribution in [0, 0.1) is 5.92 Å². The molecule has 3 heteroatoms. The molecule has 0 amide bonds. The van der Waals surface area contributed by atoms with E-state index in [4.69, 9.17) is 0 Å². The molecule has 1 fully saturated rings. The zero-order valence-corrected chi connectivity index (χ0v) is 10.0. The molecule has 1 aromatic rings. The first-order chi connectivity index (χ1) is 7.88. The summed E-state index contributed by atoms with van der Waals surface area (Å²) >= 11 is 0. The molecule has 0 spiro atoms. The minimum atomic E-state index is 0.835. The van der Waals surface area contributed by atoms with Gasteiger partial charge in [-0.05, 0) is 49.7 Å². The van der Waals surface area contributed by atoms with Crippen LogP contribution in [-0.2, 0) is 6.54 Å². The first-order valence-electron chi connectivity index (χ1n) is 6.20. The predicted octanol–water partition coefficient (Wildman–Crippen LogP) is 1.51. The second-order valence-corrected chi connectivity index (χ2v) is 4.53. The van der Waals surface area contributed by atoms with Crippen LogP contribution in [0.1, 0.15) is 18.9 Å². The van der Waals surface area contributed by atoms with E-state index in [1.54, 1.807) is 0 Å². The molecular formula is C13H21N3. The molecule has 2 rings (SSSR count). The van der Waals surface area contributed by atoms with Gasteiger partial charge in [-0.25, -0.2) is 0 Å². The number of pyridine rings is 1. The number of nitrogens with one attached hydrogen (secondary N) is 1. The Morgan fingerprint density at radius 1 is 1.44 bits per heavy atom. The van der Waals surface area contributed by atoms with Crippen LogP contribution in [0.2, 0.25) is 0 Å². The lowest BCUT2D eigenvalue weighted by molar-refractivity contribution is 0.339. The Bertz CT molecular complexity index is 299. The third-order valence-electron chi connectivity index (χ3n) is 3.33. The van der Waals surface area contributed by atoms with E-state index in [-0.39, 0.29) is 0 Å². The lowest BCUT2D eigenvalue weighted by atomic mass is 10.1. The number of aromatic nitrogens is 1. The van der Waals surface area contributed by atoms with Gasteiger partial charge in [0.05, 0.1) is 0 Å². The Balaban J connectivity index is 1.65. The largest absolute Gasteiger partial charge is 0.312 e. The maximum atomic E-state index is 4.02. The Labute approximate surface area is 97.9 Å². The van der Waals surface area contributed by atoms with Crippen molar-refractivity contribution in [2.45, 2.75) is 19.9 Å². The Morgan fingerprint density at radius 2 is 2.25 bits per heavy atom. The van der Waals surface area contributed by atoms with Crippen LogP contribution >= 0.6 is 0 Å². The maximum Gasteiger partial charge on any atom is 0.0271 e. The van der Waals surface area contributed by atoms with E-state index >= 15 is 0 Å². The van der Waals surface area contributed by atoms with Gasteiger partial charge in [0.2, 0.25) is 0 Å². The highest BCUT2D eigenvalue weighted by Gasteiger charge is 2.20. The Morgan fingerprint density at radius 3 is 2.94 bits per heavy atom. The van der Waals surface area contributed by atoms with Gasteiger partial charge in [-0.1, -0.05) is 6.92 Å². The maximum absolute atomic E-state index is 4.02. The number of likely N-dealkylation sites (tertiary alicyclic amines) is 1. The highest BCUT2D eigenvalue weighted by molar-refractivity contribution is 5.08. The summed E-state index contributed by atoms with van der Waals surface area (Å²) in [5.41, 5.74) is 1.32. The van der Waals surface area contributed by atoms with Crippen molar-refractivity contribution < 1.29 is 0 Å². The van der Waals surface area contributed by atoms with Crippen molar-refractivity contribution in [2.75, 3.05) is 26.2 Å². The molecule has 0 radical (unpaired) electrons. The van der Waals surface area contributed by atoms with E-state index in [0.717, 1.165) is 19.0 Å². The van der Waals surface area contributed by atoms with E-state index in [9.17, 15) is 0 Å². The predicted molar refractivity (Wildman–Crippen MR) is 66.2 cm³/mol. The van der Waals surface area contributed by atoms with Gasteiger partial charge < -0.3 is 10.2 Å². The molecule has 88 valence electrons. The van der Waals surface area contributed by atoms with E-state index in [2.05, 4.69) is 34.3 Å². The van der Waals surface area contributed by atoms with E-state index in [0.29, 0.717) is 0 Å². The molecule has 1 atom stereocenters. The first kappa shape index (κ1) is 11.6. The average molecular weight is 219 g/mol. The van der Waals surface area contributed by atoms with Crippen LogP contribution in [-0.4, -0.2) is 36.1 Å². The summed E-state index contributed by atoms with van der Waals surface area (Å²) in [7, 11) is 0. The van der Waals surface area contributed by atoms with Gasteiger partial charge in [0, 0.05) is 25.5 Å². The topological polar surface area (TPSA) is 28.2 Å². The van der Waals surface area contributed by atoms with Crippen molar-refractivity contribution in [2.24, 2.45) is 5.92 Å². The molecule has 3 nitrogen and oxygen atoms in total. The molecule has 1 saturated heterocycles. The summed E-state index contributed by atoms with van der Waals surface area (Å²) in [6.07, 6.45) is 5.05. The monoisotopic (exact) mass is 219 g/mol. The Kier molecular flexibility index (Phi) is 4.31. The molecule has 2 heterocycles.